The molecule has 144 valence electrons. The summed E-state index contributed by atoms with van der Waals surface area (Å²) in [7, 11) is 0. The minimum Gasteiger partial charge on any atom is -0.487 e. The number of rotatable bonds is 6. The van der Waals surface area contributed by atoms with Gasteiger partial charge >= 0.3 is 6.36 Å². The summed E-state index contributed by atoms with van der Waals surface area (Å²) in [6.07, 6.45) is -4.86. The number of carbonyl (C=O) groups excluding carboxylic acids is 1. The lowest BCUT2D eigenvalue weighted by molar-refractivity contribution is -0.274. The summed E-state index contributed by atoms with van der Waals surface area (Å²) in [6, 6.07) is 13.7. The van der Waals surface area contributed by atoms with Crippen LogP contribution >= 0.6 is 11.6 Å². The Balaban J connectivity index is 2.11. The molecule has 0 heterocycles. The molecule has 0 saturated carbocycles. The number of benzene rings is 2. The van der Waals surface area contributed by atoms with Crippen molar-refractivity contribution in [1.29, 1.82) is 10.5 Å². The Kier molecular flexibility index (Phi) is 6.34. The van der Waals surface area contributed by atoms with E-state index in [9.17, 15) is 28.5 Å². The highest BCUT2D eigenvalue weighted by atomic mass is 35.5. The number of nitriles is 2. The quantitative estimate of drug-likeness (QED) is 0.782. The lowest BCUT2D eigenvalue weighted by Gasteiger charge is -2.21. The third kappa shape index (κ3) is 5.53. The van der Waals surface area contributed by atoms with Crippen molar-refractivity contribution >= 4 is 17.5 Å². The lowest BCUT2D eigenvalue weighted by atomic mass is 10.0. The molecule has 0 radical (unpaired) electrons. The average molecular weight is 410 g/mol. The van der Waals surface area contributed by atoms with Gasteiger partial charge in [0.15, 0.2) is 0 Å². The van der Waals surface area contributed by atoms with Crippen LogP contribution in [0.1, 0.15) is 10.4 Å². The van der Waals surface area contributed by atoms with Gasteiger partial charge in [-0.25, -0.2) is 0 Å². The minimum atomic E-state index is -4.86. The van der Waals surface area contributed by atoms with Crippen LogP contribution < -0.4 is 14.8 Å². The van der Waals surface area contributed by atoms with E-state index in [2.05, 4.69) is 10.1 Å². The van der Waals surface area contributed by atoms with Crippen molar-refractivity contribution in [3.8, 4) is 23.6 Å². The van der Waals surface area contributed by atoms with Gasteiger partial charge < -0.3 is 14.8 Å². The number of carbonyl (C=O) groups is 1. The maximum Gasteiger partial charge on any atom is 0.573 e. The maximum absolute atomic E-state index is 12.3. The highest BCUT2D eigenvalue weighted by molar-refractivity contribution is 6.32. The fourth-order valence-electron chi connectivity index (χ4n) is 2.00. The molecule has 0 bridgehead atoms. The molecule has 0 aromatic heterocycles. The number of ether oxygens (including phenoxy) is 2. The number of amides is 1. The van der Waals surface area contributed by atoms with Gasteiger partial charge in [-0.3, -0.25) is 4.79 Å². The Morgan fingerprint density at radius 1 is 1.07 bits per heavy atom. The van der Waals surface area contributed by atoms with Gasteiger partial charge in [0.25, 0.3) is 5.91 Å². The van der Waals surface area contributed by atoms with Crippen LogP contribution in [-0.4, -0.2) is 24.4 Å². The van der Waals surface area contributed by atoms with Gasteiger partial charge in [-0.2, -0.15) is 10.5 Å². The monoisotopic (exact) mass is 409 g/mol. The van der Waals surface area contributed by atoms with E-state index in [0.717, 1.165) is 24.3 Å². The SMILES string of the molecule is N#CC(C#N)(COc1ccccc1Cl)NC(=O)c1ccc(OC(F)(F)F)cc1. The normalized spacial score (nSPS) is 11.1. The topological polar surface area (TPSA) is 95.1 Å². The van der Waals surface area contributed by atoms with Gasteiger partial charge in [0, 0.05) is 5.56 Å². The van der Waals surface area contributed by atoms with Crippen molar-refractivity contribution in [3.63, 3.8) is 0 Å². The van der Waals surface area contributed by atoms with Crippen molar-refractivity contribution in [2.24, 2.45) is 0 Å². The number of halogens is 4. The van der Waals surface area contributed by atoms with Gasteiger partial charge in [-0.15, -0.1) is 13.2 Å². The summed E-state index contributed by atoms with van der Waals surface area (Å²) in [5.74, 6) is -1.16. The highest BCUT2D eigenvalue weighted by Crippen LogP contribution is 2.25. The van der Waals surface area contributed by atoms with Crippen LogP contribution in [0.15, 0.2) is 48.5 Å². The standard InChI is InChI=1S/C18H11ClF3N3O3/c19-14-3-1-2-4-15(14)27-11-17(9-23,10-24)25-16(26)12-5-7-13(8-6-12)28-18(20,21)22/h1-8H,11H2,(H,25,26). The molecule has 28 heavy (non-hydrogen) atoms. The largest absolute Gasteiger partial charge is 0.573 e. The minimum absolute atomic E-state index is 0.0813. The zero-order valence-electron chi connectivity index (χ0n) is 14.0. The Labute approximate surface area is 162 Å². The maximum atomic E-state index is 12.3. The third-order valence-electron chi connectivity index (χ3n) is 3.34. The molecule has 0 aliphatic carbocycles. The first kappa shape index (κ1) is 20.9. The summed E-state index contributed by atoms with van der Waals surface area (Å²) in [5.41, 5.74) is -2.13. The van der Waals surface area contributed by atoms with E-state index in [0.29, 0.717) is 0 Å². The van der Waals surface area contributed by atoms with E-state index in [4.69, 9.17) is 16.3 Å². The number of para-hydroxylation sites is 1. The zero-order valence-corrected chi connectivity index (χ0v) is 14.7. The van der Waals surface area contributed by atoms with Crippen molar-refractivity contribution in [2.45, 2.75) is 11.9 Å². The summed E-state index contributed by atoms with van der Waals surface area (Å²) in [4.78, 5) is 12.3. The second kappa shape index (κ2) is 8.51. The first-order valence-electron chi connectivity index (χ1n) is 7.56. The molecule has 0 aliphatic rings. The van der Waals surface area contributed by atoms with Crippen molar-refractivity contribution in [1.82, 2.24) is 5.32 Å². The Morgan fingerprint density at radius 2 is 1.68 bits per heavy atom. The van der Waals surface area contributed by atoms with Crippen LogP contribution in [0, 0.1) is 22.7 Å². The molecule has 0 fully saturated rings. The fraction of sp³-hybridized carbons (Fsp3) is 0.167. The summed E-state index contributed by atoms with van der Waals surface area (Å²) in [6.45, 7) is -0.523. The smallest absolute Gasteiger partial charge is 0.487 e. The molecular formula is C18H11ClF3N3O3. The van der Waals surface area contributed by atoms with E-state index in [1.54, 1.807) is 30.3 Å². The van der Waals surface area contributed by atoms with Gasteiger partial charge in [-0.05, 0) is 36.4 Å². The molecule has 2 rings (SSSR count). The molecule has 0 saturated heterocycles. The predicted octanol–water partition coefficient (Wildman–Crippen LogP) is 3.83. The predicted molar refractivity (Wildman–Crippen MR) is 91.5 cm³/mol. The van der Waals surface area contributed by atoms with E-state index in [1.807, 2.05) is 0 Å². The van der Waals surface area contributed by atoms with E-state index in [1.165, 1.54) is 6.07 Å². The van der Waals surface area contributed by atoms with Gasteiger partial charge in [-0.1, -0.05) is 23.7 Å². The molecule has 1 amide bonds. The Morgan fingerprint density at radius 3 is 2.21 bits per heavy atom. The van der Waals surface area contributed by atoms with E-state index >= 15 is 0 Å². The molecule has 10 heteroatoms. The van der Waals surface area contributed by atoms with E-state index in [-0.39, 0.29) is 16.3 Å². The lowest BCUT2D eigenvalue weighted by Crippen LogP contribution is -2.50. The molecule has 0 spiro atoms. The van der Waals surface area contributed by atoms with Gasteiger partial charge in [0.05, 0.1) is 5.02 Å². The van der Waals surface area contributed by atoms with Crippen molar-refractivity contribution in [3.05, 3.63) is 59.1 Å². The summed E-state index contributed by atoms with van der Waals surface area (Å²) in [5, 5.41) is 21.2. The second-order valence-corrected chi connectivity index (χ2v) is 5.78. The number of nitrogens with one attached hydrogen (secondary N) is 1. The first-order valence-corrected chi connectivity index (χ1v) is 7.94. The van der Waals surface area contributed by atoms with Gasteiger partial charge in [0.2, 0.25) is 5.54 Å². The van der Waals surface area contributed by atoms with Crippen LogP contribution in [-0.2, 0) is 0 Å². The second-order valence-electron chi connectivity index (χ2n) is 5.37. The zero-order chi connectivity index (χ0) is 20.8. The summed E-state index contributed by atoms with van der Waals surface area (Å²) >= 11 is 5.93. The number of hydrogen-bond donors (Lipinski definition) is 1. The van der Waals surface area contributed by atoms with Gasteiger partial charge in [0.1, 0.15) is 30.2 Å². The average Bonchev–Trinajstić information content (AvgIpc) is 2.65. The number of nitrogens with zero attached hydrogens (tertiary/aromatic N) is 2. The van der Waals surface area contributed by atoms with Crippen LogP contribution in [0.3, 0.4) is 0 Å². The van der Waals surface area contributed by atoms with Crippen molar-refractivity contribution in [2.75, 3.05) is 6.61 Å². The third-order valence-corrected chi connectivity index (χ3v) is 3.65. The molecular weight excluding hydrogens is 399 g/mol. The van der Waals surface area contributed by atoms with E-state index < -0.39 is 30.2 Å². The van der Waals surface area contributed by atoms with Crippen LogP contribution in [0.5, 0.6) is 11.5 Å². The summed E-state index contributed by atoms with van der Waals surface area (Å²) < 4.78 is 45.6. The molecule has 0 aliphatic heterocycles. The first-order chi connectivity index (χ1) is 13.2. The van der Waals surface area contributed by atoms with Crippen LogP contribution in [0.25, 0.3) is 0 Å². The molecule has 2 aromatic carbocycles. The molecule has 2 aromatic rings. The number of alkyl halides is 3. The van der Waals surface area contributed by atoms with Crippen LogP contribution in [0.2, 0.25) is 5.02 Å². The fourth-order valence-corrected chi connectivity index (χ4v) is 2.19. The molecule has 6 nitrogen and oxygen atoms in total. The molecule has 0 unspecified atom stereocenters. The molecule has 0 atom stereocenters. The highest BCUT2D eigenvalue weighted by Gasteiger charge is 2.34. The Bertz CT molecular complexity index is 920. The molecule has 1 N–H and O–H groups in total. The Hall–Kier alpha value is -3.43. The van der Waals surface area contributed by atoms with Crippen LogP contribution in [0.4, 0.5) is 13.2 Å². The number of hydrogen-bond acceptors (Lipinski definition) is 5. The van der Waals surface area contributed by atoms with Crippen molar-refractivity contribution < 1.29 is 27.4 Å².